The predicted octanol–water partition coefficient (Wildman–Crippen LogP) is 3.97. The third-order valence-corrected chi connectivity index (χ3v) is 4.69. The van der Waals surface area contributed by atoms with Crippen LogP contribution in [0.4, 0.5) is 0 Å². The number of amides is 1. The summed E-state index contributed by atoms with van der Waals surface area (Å²) in [5.41, 5.74) is 2.46. The van der Waals surface area contributed by atoms with E-state index in [0.29, 0.717) is 23.8 Å². The Bertz CT molecular complexity index is 1050. The van der Waals surface area contributed by atoms with Gasteiger partial charge in [-0.3, -0.25) is 9.48 Å². The van der Waals surface area contributed by atoms with Gasteiger partial charge in [0.2, 0.25) is 0 Å². The molecule has 2 aromatic carbocycles. The molecule has 0 radical (unpaired) electrons. The summed E-state index contributed by atoms with van der Waals surface area (Å²) in [4.78, 5) is 12.7. The number of carbonyl (C=O) groups is 1. The lowest BCUT2D eigenvalue weighted by atomic mass is 10.2. The summed E-state index contributed by atoms with van der Waals surface area (Å²) in [7, 11) is 0. The monoisotopic (exact) mass is 378 g/mol. The SMILES string of the molecule is O=C(NCCn1cccc1)c1nn(Cc2ccc(Cl)cc2)c2ccccc12. The standard InChI is InChI=1S/C21H19ClN4O/c22-17-9-7-16(8-10-17)15-26-19-6-2-1-5-18(19)20(24-26)21(27)23-11-14-25-12-3-4-13-25/h1-10,12-13H,11,14-15H2,(H,23,27). The van der Waals surface area contributed by atoms with Gasteiger partial charge in [0, 0.05) is 35.9 Å². The summed E-state index contributed by atoms with van der Waals surface area (Å²) < 4.78 is 3.89. The van der Waals surface area contributed by atoms with Gasteiger partial charge < -0.3 is 9.88 Å². The molecule has 5 nitrogen and oxygen atoms in total. The van der Waals surface area contributed by atoms with Crippen LogP contribution in [0, 0.1) is 0 Å². The molecule has 2 heterocycles. The van der Waals surface area contributed by atoms with Crippen LogP contribution >= 0.6 is 11.6 Å². The summed E-state index contributed by atoms with van der Waals surface area (Å²) in [6.07, 6.45) is 3.95. The molecule has 0 saturated heterocycles. The van der Waals surface area contributed by atoms with Crippen LogP contribution in [-0.2, 0) is 13.1 Å². The number of aromatic nitrogens is 3. The normalized spacial score (nSPS) is 11.0. The van der Waals surface area contributed by atoms with E-state index in [1.54, 1.807) is 0 Å². The zero-order chi connectivity index (χ0) is 18.6. The van der Waals surface area contributed by atoms with Crippen molar-refractivity contribution in [2.75, 3.05) is 6.54 Å². The topological polar surface area (TPSA) is 51.9 Å². The van der Waals surface area contributed by atoms with E-state index in [4.69, 9.17) is 11.6 Å². The summed E-state index contributed by atoms with van der Waals surface area (Å²) in [6, 6.07) is 19.4. The Morgan fingerprint density at radius 1 is 1.00 bits per heavy atom. The number of hydrogen-bond acceptors (Lipinski definition) is 2. The van der Waals surface area contributed by atoms with Crippen LogP contribution in [0.15, 0.2) is 73.1 Å². The Labute approximate surface area is 162 Å². The van der Waals surface area contributed by atoms with Crippen molar-refractivity contribution in [2.45, 2.75) is 13.1 Å². The lowest BCUT2D eigenvalue weighted by Crippen LogP contribution is -2.27. The number of nitrogens with zero attached hydrogens (tertiary/aromatic N) is 3. The number of rotatable bonds is 6. The molecule has 0 aliphatic rings. The van der Waals surface area contributed by atoms with Gasteiger partial charge in [-0.25, -0.2) is 0 Å². The second-order valence-electron chi connectivity index (χ2n) is 6.33. The van der Waals surface area contributed by atoms with Crippen LogP contribution in [-0.4, -0.2) is 26.8 Å². The number of hydrogen-bond donors (Lipinski definition) is 1. The Morgan fingerprint density at radius 2 is 1.74 bits per heavy atom. The Balaban J connectivity index is 1.55. The van der Waals surface area contributed by atoms with Gasteiger partial charge in [-0.15, -0.1) is 0 Å². The molecule has 1 N–H and O–H groups in total. The molecule has 1 amide bonds. The molecule has 6 heteroatoms. The van der Waals surface area contributed by atoms with Crippen LogP contribution in [0.1, 0.15) is 16.1 Å². The molecular weight excluding hydrogens is 360 g/mol. The van der Waals surface area contributed by atoms with Gasteiger partial charge in [0.05, 0.1) is 12.1 Å². The molecule has 0 atom stereocenters. The fraction of sp³-hybridized carbons (Fsp3) is 0.143. The quantitative estimate of drug-likeness (QED) is 0.552. The zero-order valence-electron chi connectivity index (χ0n) is 14.7. The Morgan fingerprint density at radius 3 is 2.52 bits per heavy atom. The van der Waals surface area contributed by atoms with Crippen molar-refractivity contribution in [3.05, 3.63) is 89.3 Å². The highest BCUT2D eigenvalue weighted by atomic mass is 35.5. The first kappa shape index (κ1) is 17.4. The molecule has 4 rings (SSSR count). The fourth-order valence-corrected chi connectivity index (χ4v) is 3.21. The largest absolute Gasteiger partial charge is 0.353 e. The molecule has 27 heavy (non-hydrogen) atoms. The van der Waals surface area contributed by atoms with Crippen LogP contribution < -0.4 is 5.32 Å². The smallest absolute Gasteiger partial charge is 0.272 e. The van der Waals surface area contributed by atoms with Crippen molar-refractivity contribution in [2.24, 2.45) is 0 Å². The highest BCUT2D eigenvalue weighted by Gasteiger charge is 2.16. The number of carbonyl (C=O) groups excluding carboxylic acids is 1. The Hall–Kier alpha value is -3.05. The fourth-order valence-electron chi connectivity index (χ4n) is 3.08. The van der Waals surface area contributed by atoms with Crippen LogP contribution in [0.5, 0.6) is 0 Å². The van der Waals surface area contributed by atoms with Gasteiger partial charge in [-0.2, -0.15) is 5.10 Å². The molecule has 0 aliphatic carbocycles. The maximum Gasteiger partial charge on any atom is 0.272 e. The summed E-state index contributed by atoms with van der Waals surface area (Å²) in [5, 5.41) is 9.10. The lowest BCUT2D eigenvalue weighted by Gasteiger charge is -2.05. The first-order valence-corrected chi connectivity index (χ1v) is 9.17. The van der Waals surface area contributed by atoms with E-state index in [-0.39, 0.29) is 5.91 Å². The van der Waals surface area contributed by atoms with Crippen molar-refractivity contribution in [3.63, 3.8) is 0 Å². The maximum absolute atomic E-state index is 12.7. The van der Waals surface area contributed by atoms with Crippen molar-refractivity contribution in [1.82, 2.24) is 19.7 Å². The minimum Gasteiger partial charge on any atom is -0.353 e. The van der Waals surface area contributed by atoms with E-state index in [1.807, 2.05) is 82.3 Å². The number of para-hydroxylation sites is 1. The molecule has 2 aromatic heterocycles. The molecule has 0 spiro atoms. The minimum atomic E-state index is -0.159. The number of nitrogens with one attached hydrogen (secondary N) is 1. The van der Waals surface area contributed by atoms with Crippen LogP contribution in [0.25, 0.3) is 10.9 Å². The van der Waals surface area contributed by atoms with Gasteiger partial charge in [0.15, 0.2) is 5.69 Å². The molecule has 0 bridgehead atoms. The van der Waals surface area contributed by atoms with E-state index in [9.17, 15) is 4.79 Å². The van der Waals surface area contributed by atoms with Gasteiger partial charge in [0.1, 0.15) is 0 Å². The molecule has 0 fully saturated rings. The lowest BCUT2D eigenvalue weighted by molar-refractivity contribution is 0.0948. The molecule has 136 valence electrons. The van der Waals surface area contributed by atoms with Gasteiger partial charge in [0.25, 0.3) is 5.91 Å². The zero-order valence-corrected chi connectivity index (χ0v) is 15.4. The van der Waals surface area contributed by atoms with Crippen molar-refractivity contribution in [3.8, 4) is 0 Å². The highest BCUT2D eigenvalue weighted by Crippen LogP contribution is 2.20. The van der Waals surface area contributed by atoms with E-state index in [2.05, 4.69) is 10.4 Å². The van der Waals surface area contributed by atoms with Crippen LogP contribution in [0.2, 0.25) is 5.02 Å². The Kier molecular flexibility index (Phi) is 4.94. The maximum atomic E-state index is 12.7. The molecule has 0 unspecified atom stereocenters. The molecule has 4 aromatic rings. The average Bonchev–Trinajstić information content (AvgIpc) is 3.32. The van der Waals surface area contributed by atoms with Crippen molar-refractivity contribution >= 4 is 28.4 Å². The van der Waals surface area contributed by atoms with Gasteiger partial charge in [-0.05, 0) is 35.9 Å². The summed E-state index contributed by atoms with van der Waals surface area (Å²) >= 11 is 5.96. The third-order valence-electron chi connectivity index (χ3n) is 4.44. The second-order valence-corrected chi connectivity index (χ2v) is 6.76. The first-order valence-electron chi connectivity index (χ1n) is 8.79. The highest BCUT2D eigenvalue weighted by molar-refractivity contribution is 6.30. The first-order chi connectivity index (χ1) is 13.2. The predicted molar refractivity (Wildman–Crippen MR) is 107 cm³/mol. The molecule has 0 aliphatic heterocycles. The summed E-state index contributed by atoms with van der Waals surface area (Å²) in [6.45, 7) is 1.85. The van der Waals surface area contributed by atoms with Crippen molar-refractivity contribution < 1.29 is 4.79 Å². The molecule has 0 saturated carbocycles. The van der Waals surface area contributed by atoms with Gasteiger partial charge >= 0.3 is 0 Å². The number of halogens is 1. The average molecular weight is 379 g/mol. The van der Waals surface area contributed by atoms with Crippen LogP contribution in [0.3, 0.4) is 0 Å². The molecular formula is C21H19ClN4O. The van der Waals surface area contributed by atoms with Crippen molar-refractivity contribution in [1.29, 1.82) is 0 Å². The minimum absolute atomic E-state index is 0.159. The van der Waals surface area contributed by atoms with E-state index in [1.165, 1.54) is 0 Å². The van der Waals surface area contributed by atoms with E-state index in [0.717, 1.165) is 23.0 Å². The van der Waals surface area contributed by atoms with E-state index >= 15 is 0 Å². The number of benzene rings is 2. The summed E-state index contributed by atoms with van der Waals surface area (Å²) in [5.74, 6) is -0.159. The number of fused-ring (bicyclic) bond motifs is 1. The van der Waals surface area contributed by atoms with E-state index < -0.39 is 0 Å². The second kappa shape index (κ2) is 7.68. The van der Waals surface area contributed by atoms with Gasteiger partial charge in [-0.1, -0.05) is 41.9 Å². The third kappa shape index (κ3) is 3.88.